The van der Waals surface area contributed by atoms with Crippen LogP contribution < -0.4 is 4.74 Å². The first-order chi connectivity index (χ1) is 9.71. The maximum atomic E-state index is 5.39. The predicted molar refractivity (Wildman–Crippen MR) is 82.1 cm³/mol. The number of hydrogen-bond donors (Lipinski definition) is 0. The van der Waals surface area contributed by atoms with Crippen LogP contribution in [0.1, 0.15) is 49.7 Å². The quantitative estimate of drug-likeness (QED) is 0.670. The molecule has 20 heavy (non-hydrogen) atoms. The second-order valence-electron chi connectivity index (χ2n) is 7.16. The van der Waals surface area contributed by atoms with Crippen LogP contribution in [0.3, 0.4) is 0 Å². The standard InChI is InChI=1S/C19H24O/c1-19-10-3-4-18(19)17-7-5-13-12-14(20-2)6-8-15(13)16(17)9-11-19/h3,6,8,10,12,16-18H,4-5,7,9,11H2,1-2H3/t16-,17-,18-,19+/m0/s1. The van der Waals surface area contributed by atoms with E-state index < -0.39 is 0 Å². The molecular formula is C19H24O. The number of fused-ring (bicyclic) bond motifs is 5. The van der Waals surface area contributed by atoms with E-state index in [4.69, 9.17) is 4.74 Å². The molecule has 1 fully saturated rings. The number of allylic oxidation sites excluding steroid dienone is 2. The number of benzene rings is 1. The van der Waals surface area contributed by atoms with Crippen LogP contribution in [0, 0.1) is 17.3 Å². The molecule has 0 radical (unpaired) electrons. The molecule has 1 nitrogen and oxygen atoms in total. The van der Waals surface area contributed by atoms with E-state index in [2.05, 4.69) is 37.3 Å². The predicted octanol–water partition coefficient (Wildman–Crippen LogP) is 4.72. The highest BCUT2D eigenvalue weighted by Crippen LogP contribution is 2.58. The Labute approximate surface area is 122 Å². The number of rotatable bonds is 1. The molecule has 4 atom stereocenters. The summed E-state index contributed by atoms with van der Waals surface area (Å²) in [6.07, 6.45) is 11.6. The van der Waals surface area contributed by atoms with Crippen LogP contribution in [-0.4, -0.2) is 7.11 Å². The SMILES string of the molecule is COc1ccc2c(c1)CC[C@H]1[C@H]2CC[C@@]2(C)C=CC[C@@H]12. The fraction of sp³-hybridized carbons (Fsp3) is 0.579. The molecule has 106 valence electrons. The van der Waals surface area contributed by atoms with Crippen molar-refractivity contribution in [3.63, 3.8) is 0 Å². The van der Waals surface area contributed by atoms with Gasteiger partial charge in [0.1, 0.15) is 5.75 Å². The molecule has 0 amide bonds. The number of methoxy groups -OCH3 is 1. The van der Waals surface area contributed by atoms with Crippen molar-refractivity contribution >= 4 is 0 Å². The van der Waals surface area contributed by atoms with Gasteiger partial charge in [0, 0.05) is 0 Å². The molecule has 0 N–H and O–H groups in total. The molecule has 0 spiro atoms. The normalized spacial score (nSPS) is 38.0. The summed E-state index contributed by atoms with van der Waals surface area (Å²) in [5, 5.41) is 0. The Hall–Kier alpha value is -1.24. The Morgan fingerprint density at radius 1 is 1.25 bits per heavy atom. The van der Waals surface area contributed by atoms with E-state index in [0.29, 0.717) is 5.41 Å². The number of hydrogen-bond acceptors (Lipinski definition) is 1. The Kier molecular flexibility index (Phi) is 2.73. The van der Waals surface area contributed by atoms with Gasteiger partial charge in [0.15, 0.2) is 0 Å². The van der Waals surface area contributed by atoms with Crippen LogP contribution in [0.5, 0.6) is 5.75 Å². The summed E-state index contributed by atoms with van der Waals surface area (Å²) < 4.78 is 5.39. The van der Waals surface area contributed by atoms with Gasteiger partial charge >= 0.3 is 0 Å². The van der Waals surface area contributed by atoms with Crippen molar-refractivity contribution in [2.75, 3.05) is 7.11 Å². The highest BCUT2D eigenvalue weighted by atomic mass is 16.5. The molecule has 1 heteroatoms. The smallest absolute Gasteiger partial charge is 0.119 e. The molecule has 0 saturated heterocycles. The molecule has 1 aromatic carbocycles. The van der Waals surface area contributed by atoms with Gasteiger partial charge in [0.25, 0.3) is 0 Å². The van der Waals surface area contributed by atoms with Gasteiger partial charge in [-0.25, -0.2) is 0 Å². The highest BCUT2D eigenvalue weighted by molar-refractivity contribution is 5.41. The molecule has 3 aliphatic rings. The lowest BCUT2D eigenvalue weighted by Crippen LogP contribution is -2.39. The fourth-order valence-electron chi connectivity index (χ4n) is 5.17. The van der Waals surface area contributed by atoms with Crippen LogP contribution in [0.15, 0.2) is 30.4 Å². The van der Waals surface area contributed by atoms with Crippen LogP contribution in [0.2, 0.25) is 0 Å². The molecule has 4 rings (SSSR count). The Morgan fingerprint density at radius 3 is 3.00 bits per heavy atom. The number of aryl methyl sites for hydroxylation is 1. The van der Waals surface area contributed by atoms with Crippen LogP contribution in [-0.2, 0) is 6.42 Å². The largest absolute Gasteiger partial charge is 0.497 e. The maximum Gasteiger partial charge on any atom is 0.119 e. The molecule has 0 aromatic heterocycles. The van der Waals surface area contributed by atoms with E-state index in [1.54, 1.807) is 18.2 Å². The third-order valence-corrected chi connectivity index (χ3v) is 6.26. The van der Waals surface area contributed by atoms with Crippen LogP contribution >= 0.6 is 0 Å². The molecule has 1 saturated carbocycles. The summed E-state index contributed by atoms with van der Waals surface area (Å²) in [6, 6.07) is 6.77. The van der Waals surface area contributed by atoms with Gasteiger partial charge in [-0.1, -0.05) is 25.1 Å². The van der Waals surface area contributed by atoms with Gasteiger partial charge in [-0.05, 0) is 78.5 Å². The van der Waals surface area contributed by atoms with E-state index in [0.717, 1.165) is 23.5 Å². The van der Waals surface area contributed by atoms with Gasteiger partial charge < -0.3 is 4.74 Å². The minimum atomic E-state index is 0.491. The first kappa shape index (κ1) is 12.5. The minimum Gasteiger partial charge on any atom is -0.497 e. The van der Waals surface area contributed by atoms with E-state index >= 15 is 0 Å². The van der Waals surface area contributed by atoms with Crippen molar-refractivity contribution < 1.29 is 4.74 Å². The molecule has 0 heterocycles. The lowest BCUT2D eigenvalue weighted by molar-refractivity contribution is 0.0826. The zero-order valence-corrected chi connectivity index (χ0v) is 12.6. The van der Waals surface area contributed by atoms with Gasteiger partial charge in [-0.2, -0.15) is 0 Å². The summed E-state index contributed by atoms with van der Waals surface area (Å²) in [5.74, 6) is 3.59. The summed E-state index contributed by atoms with van der Waals surface area (Å²) in [6.45, 7) is 2.49. The lowest BCUT2D eigenvalue weighted by atomic mass is 9.56. The highest BCUT2D eigenvalue weighted by Gasteiger charge is 2.48. The van der Waals surface area contributed by atoms with Gasteiger partial charge in [-0.3, -0.25) is 0 Å². The summed E-state index contributed by atoms with van der Waals surface area (Å²) in [5.41, 5.74) is 3.65. The van der Waals surface area contributed by atoms with Gasteiger partial charge in [0.05, 0.1) is 7.11 Å². The average molecular weight is 268 g/mol. The van der Waals surface area contributed by atoms with E-state index in [1.165, 1.54) is 32.1 Å². The third-order valence-electron chi connectivity index (χ3n) is 6.26. The van der Waals surface area contributed by atoms with E-state index in [-0.39, 0.29) is 0 Å². The van der Waals surface area contributed by atoms with Gasteiger partial charge in [0.2, 0.25) is 0 Å². The second kappa shape index (κ2) is 4.38. The molecule has 0 unspecified atom stereocenters. The molecular weight excluding hydrogens is 244 g/mol. The average Bonchev–Trinajstić information content (AvgIpc) is 2.88. The van der Waals surface area contributed by atoms with Crippen molar-refractivity contribution in [1.82, 2.24) is 0 Å². The maximum absolute atomic E-state index is 5.39. The molecule has 0 bridgehead atoms. The van der Waals surface area contributed by atoms with Gasteiger partial charge in [-0.15, -0.1) is 0 Å². The Balaban J connectivity index is 1.70. The van der Waals surface area contributed by atoms with Crippen LogP contribution in [0.4, 0.5) is 0 Å². The summed E-state index contributed by atoms with van der Waals surface area (Å²) >= 11 is 0. The molecule has 0 aliphatic heterocycles. The van der Waals surface area contributed by atoms with Crippen LogP contribution in [0.25, 0.3) is 0 Å². The summed E-state index contributed by atoms with van der Waals surface area (Å²) in [4.78, 5) is 0. The topological polar surface area (TPSA) is 9.23 Å². The van der Waals surface area contributed by atoms with Crippen molar-refractivity contribution in [2.24, 2.45) is 17.3 Å². The monoisotopic (exact) mass is 268 g/mol. The zero-order chi connectivity index (χ0) is 13.7. The second-order valence-corrected chi connectivity index (χ2v) is 7.16. The third kappa shape index (κ3) is 1.68. The Morgan fingerprint density at radius 2 is 2.15 bits per heavy atom. The van der Waals surface area contributed by atoms with Crippen molar-refractivity contribution in [3.05, 3.63) is 41.5 Å². The van der Waals surface area contributed by atoms with Crippen molar-refractivity contribution in [2.45, 2.75) is 44.9 Å². The number of ether oxygens (including phenoxy) is 1. The molecule has 1 aromatic rings. The minimum absolute atomic E-state index is 0.491. The van der Waals surface area contributed by atoms with E-state index in [1.807, 2.05) is 0 Å². The molecule has 3 aliphatic carbocycles. The van der Waals surface area contributed by atoms with Crippen molar-refractivity contribution in [1.29, 1.82) is 0 Å². The fourth-order valence-corrected chi connectivity index (χ4v) is 5.17. The first-order valence-electron chi connectivity index (χ1n) is 8.06. The lowest BCUT2D eigenvalue weighted by Gasteiger charge is -2.49. The van der Waals surface area contributed by atoms with Crippen molar-refractivity contribution in [3.8, 4) is 5.75 Å². The first-order valence-corrected chi connectivity index (χ1v) is 8.06. The van der Waals surface area contributed by atoms with E-state index in [9.17, 15) is 0 Å². The zero-order valence-electron chi connectivity index (χ0n) is 12.6. The Bertz CT molecular complexity index is 559. The summed E-state index contributed by atoms with van der Waals surface area (Å²) in [7, 11) is 1.77.